The van der Waals surface area contributed by atoms with Crippen molar-refractivity contribution in [3.63, 3.8) is 0 Å². The van der Waals surface area contributed by atoms with Crippen LogP contribution in [0.3, 0.4) is 0 Å². The SMILES string of the molecule is O=C(CN1CCN(CC(=O)Nc2ccccc2)CC1)NCCc1ccc(Cl)cc1. The zero-order chi connectivity index (χ0) is 20.5. The molecular weight excluding hydrogens is 388 g/mol. The quantitative estimate of drug-likeness (QED) is 0.695. The summed E-state index contributed by atoms with van der Waals surface area (Å²) in [5.41, 5.74) is 1.96. The zero-order valence-corrected chi connectivity index (χ0v) is 17.2. The van der Waals surface area contributed by atoms with E-state index in [0.29, 0.717) is 19.6 Å². The van der Waals surface area contributed by atoms with Crippen LogP contribution in [0, 0.1) is 0 Å². The van der Waals surface area contributed by atoms with Gasteiger partial charge in [0.25, 0.3) is 0 Å². The topological polar surface area (TPSA) is 64.7 Å². The number of carbonyl (C=O) groups is 2. The minimum Gasteiger partial charge on any atom is -0.355 e. The summed E-state index contributed by atoms with van der Waals surface area (Å²) >= 11 is 5.88. The molecule has 0 atom stereocenters. The lowest BCUT2D eigenvalue weighted by molar-refractivity contribution is -0.123. The van der Waals surface area contributed by atoms with Gasteiger partial charge in [-0.3, -0.25) is 19.4 Å². The number of piperazine rings is 1. The smallest absolute Gasteiger partial charge is 0.238 e. The Kier molecular flexibility index (Phi) is 8.04. The molecule has 0 unspecified atom stereocenters. The molecule has 0 radical (unpaired) electrons. The van der Waals surface area contributed by atoms with Gasteiger partial charge in [0.15, 0.2) is 0 Å². The average Bonchev–Trinajstić information content (AvgIpc) is 2.72. The molecule has 1 aliphatic rings. The number of anilines is 1. The van der Waals surface area contributed by atoms with Crippen molar-refractivity contribution >= 4 is 29.1 Å². The first kappa shape index (κ1) is 21.3. The largest absolute Gasteiger partial charge is 0.355 e. The van der Waals surface area contributed by atoms with Crippen molar-refractivity contribution in [3.8, 4) is 0 Å². The van der Waals surface area contributed by atoms with E-state index in [1.165, 1.54) is 0 Å². The first-order valence-corrected chi connectivity index (χ1v) is 10.3. The number of amides is 2. The van der Waals surface area contributed by atoms with Crippen molar-refractivity contribution in [2.45, 2.75) is 6.42 Å². The van der Waals surface area contributed by atoms with Crippen LogP contribution in [0.2, 0.25) is 5.02 Å². The molecule has 0 bridgehead atoms. The van der Waals surface area contributed by atoms with E-state index in [1.807, 2.05) is 54.6 Å². The van der Waals surface area contributed by atoms with Crippen molar-refractivity contribution in [1.82, 2.24) is 15.1 Å². The number of hydrogen-bond acceptors (Lipinski definition) is 4. The number of benzene rings is 2. The molecule has 1 saturated heterocycles. The monoisotopic (exact) mass is 414 g/mol. The van der Waals surface area contributed by atoms with Gasteiger partial charge in [-0.1, -0.05) is 41.9 Å². The van der Waals surface area contributed by atoms with E-state index >= 15 is 0 Å². The minimum atomic E-state index is -0.00964. The molecule has 2 aromatic carbocycles. The molecular formula is C22H27ClN4O2. The lowest BCUT2D eigenvalue weighted by Crippen LogP contribution is -2.51. The van der Waals surface area contributed by atoms with Crippen LogP contribution in [0.5, 0.6) is 0 Å². The summed E-state index contributed by atoms with van der Waals surface area (Å²) in [5, 5.41) is 6.60. The third kappa shape index (κ3) is 7.49. The van der Waals surface area contributed by atoms with E-state index in [0.717, 1.165) is 48.9 Å². The van der Waals surface area contributed by atoms with Crippen LogP contribution < -0.4 is 10.6 Å². The fourth-order valence-electron chi connectivity index (χ4n) is 3.29. The van der Waals surface area contributed by atoms with Gasteiger partial charge in [-0.25, -0.2) is 0 Å². The van der Waals surface area contributed by atoms with Crippen molar-refractivity contribution < 1.29 is 9.59 Å². The number of hydrogen-bond donors (Lipinski definition) is 2. The second-order valence-corrected chi connectivity index (χ2v) is 7.63. The predicted molar refractivity (Wildman–Crippen MR) is 116 cm³/mol. The number of nitrogens with zero attached hydrogens (tertiary/aromatic N) is 2. The molecule has 0 aromatic heterocycles. The normalized spacial score (nSPS) is 15.1. The van der Waals surface area contributed by atoms with Crippen molar-refractivity contribution in [3.05, 3.63) is 65.2 Å². The number of rotatable bonds is 8. The van der Waals surface area contributed by atoms with Crippen molar-refractivity contribution in [2.24, 2.45) is 0 Å². The third-order valence-corrected chi connectivity index (χ3v) is 5.16. The Morgan fingerprint density at radius 3 is 2.03 bits per heavy atom. The van der Waals surface area contributed by atoms with Crippen molar-refractivity contribution in [1.29, 1.82) is 0 Å². The first-order valence-electron chi connectivity index (χ1n) is 9.89. The van der Waals surface area contributed by atoms with Crippen LogP contribution in [0.1, 0.15) is 5.56 Å². The number of nitrogens with one attached hydrogen (secondary N) is 2. The molecule has 29 heavy (non-hydrogen) atoms. The summed E-state index contributed by atoms with van der Waals surface area (Å²) in [4.78, 5) is 28.6. The van der Waals surface area contributed by atoms with Crippen molar-refractivity contribution in [2.75, 3.05) is 51.1 Å². The van der Waals surface area contributed by atoms with Gasteiger partial charge in [-0.15, -0.1) is 0 Å². The lowest BCUT2D eigenvalue weighted by Gasteiger charge is -2.33. The molecule has 0 spiro atoms. The summed E-state index contributed by atoms with van der Waals surface area (Å²) in [5.74, 6) is 0.0267. The summed E-state index contributed by atoms with van der Waals surface area (Å²) in [6.45, 7) is 4.49. The summed E-state index contributed by atoms with van der Waals surface area (Å²) in [6.07, 6.45) is 0.785. The van der Waals surface area contributed by atoms with E-state index in [2.05, 4.69) is 20.4 Å². The predicted octanol–water partition coefficient (Wildman–Crippen LogP) is 2.25. The van der Waals surface area contributed by atoms with Crippen LogP contribution >= 0.6 is 11.6 Å². The zero-order valence-electron chi connectivity index (χ0n) is 16.4. The van der Waals surface area contributed by atoms with Crippen LogP contribution in [0.25, 0.3) is 0 Å². The maximum atomic E-state index is 12.2. The molecule has 154 valence electrons. The van der Waals surface area contributed by atoms with Gasteiger partial charge in [0, 0.05) is 43.4 Å². The summed E-state index contributed by atoms with van der Waals surface area (Å²) < 4.78 is 0. The number of carbonyl (C=O) groups excluding carboxylic acids is 2. The van der Waals surface area contributed by atoms with Gasteiger partial charge in [-0.2, -0.15) is 0 Å². The first-order chi connectivity index (χ1) is 14.1. The summed E-state index contributed by atoms with van der Waals surface area (Å²) in [6, 6.07) is 17.1. The Morgan fingerprint density at radius 2 is 1.41 bits per heavy atom. The maximum Gasteiger partial charge on any atom is 0.238 e. The van der Waals surface area contributed by atoms with Crippen LogP contribution in [0.15, 0.2) is 54.6 Å². The van der Waals surface area contributed by atoms with E-state index in [-0.39, 0.29) is 11.8 Å². The highest BCUT2D eigenvalue weighted by Gasteiger charge is 2.20. The van der Waals surface area contributed by atoms with E-state index < -0.39 is 0 Å². The molecule has 7 heteroatoms. The van der Waals surface area contributed by atoms with Gasteiger partial charge < -0.3 is 10.6 Å². The highest BCUT2D eigenvalue weighted by molar-refractivity contribution is 6.30. The van der Waals surface area contributed by atoms with Crippen LogP contribution in [-0.2, 0) is 16.0 Å². The number of halogens is 1. The third-order valence-electron chi connectivity index (χ3n) is 4.91. The van der Waals surface area contributed by atoms with Crippen LogP contribution in [0.4, 0.5) is 5.69 Å². The highest BCUT2D eigenvalue weighted by Crippen LogP contribution is 2.09. The lowest BCUT2D eigenvalue weighted by atomic mass is 10.1. The Hall–Kier alpha value is -2.41. The minimum absolute atomic E-state index is 0.00964. The molecule has 3 rings (SSSR count). The Balaban J connectivity index is 1.30. The molecule has 6 nitrogen and oxygen atoms in total. The second-order valence-electron chi connectivity index (χ2n) is 7.19. The van der Waals surface area contributed by atoms with Gasteiger partial charge in [0.1, 0.15) is 0 Å². The van der Waals surface area contributed by atoms with Gasteiger partial charge in [0.05, 0.1) is 13.1 Å². The molecule has 0 saturated carbocycles. The standard InChI is InChI=1S/C22H27ClN4O2/c23-19-8-6-18(7-9-19)10-11-24-21(28)16-26-12-14-27(15-13-26)17-22(29)25-20-4-2-1-3-5-20/h1-9H,10-17H2,(H,24,28)(H,25,29). The fourth-order valence-corrected chi connectivity index (χ4v) is 3.41. The van der Waals surface area contributed by atoms with E-state index in [4.69, 9.17) is 11.6 Å². The van der Waals surface area contributed by atoms with Gasteiger partial charge >= 0.3 is 0 Å². The number of para-hydroxylation sites is 1. The molecule has 1 aliphatic heterocycles. The Morgan fingerprint density at radius 1 is 0.828 bits per heavy atom. The molecule has 0 aliphatic carbocycles. The van der Waals surface area contributed by atoms with E-state index in [1.54, 1.807) is 0 Å². The van der Waals surface area contributed by atoms with Crippen LogP contribution in [-0.4, -0.2) is 67.4 Å². The fraction of sp³-hybridized carbons (Fsp3) is 0.364. The molecule has 2 N–H and O–H groups in total. The molecule has 2 aromatic rings. The maximum absolute atomic E-state index is 12.2. The Labute approximate surface area is 176 Å². The molecule has 1 heterocycles. The average molecular weight is 415 g/mol. The van der Waals surface area contributed by atoms with Gasteiger partial charge in [0.2, 0.25) is 11.8 Å². The highest BCUT2D eigenvalue weighted by atomic mass is 35.5. The van der Waals surface area contributed by atoms with E-state index in [9.17, 15) is 9.59 Å². The molecule has 1 fully saturated rings. The molecule has 2 amide bonds. The summed E-state index contributed by atoms with van der Waals surface area (Å²) in [7, 11) is 0. The second kappa shape index (κ2) is 11.0. The van der Waals surface area contributed by atoms with Gasteiger partial charge in [-0.05, 0) is 36.2 Å². The Bertz CT molecular complexity index is 790.